The summed E-state index contributed by atoms with van der Waals surface area (Å²) >= 11 is 0. The van der Waals surface area contributed by atoms with Crippen LogP contribution in [0.2, 0.25) is 0 Å². The van der Waals surface area contributed by atoms with Gasteiger partial charge in [-0.05, 0) is 81.9 Å². The zero-order valence-electron chi connectivity index (χ0n) is 24.4. The van der Waals surface area contributed by atoms with Crippen LogP contribution in [0.3, 0.4) is 0 Å². The number of nitrogens with zero attached hydrogens (tertiary/aromatic N) is 2. The van der Waals surface area contributed by atoms with Gasteiger partial charge < -0.3 is 9.47 Å². The molecule has 0 atom stereocenters. The minimum Gasteiger partial charge on any atom is -0.405 e. The molecule has 0 aliphatic heterocycles. The Balaban J connectivity index is 1.91. The number of alkyl halides is 12. The van der Waals surface area contributed by atoms with Gasteiger partial charge in [-0.15, -0.1) is 26.3 Å². The van der Waals surface area contributed by atoms with E-state index in [1.807, 2.05) is 0 Å². The number of ether oxygens (including phenoxy) is 2. The molecule has 20 heteroatoms. The van der Waals surface area contributed by atoms with E-state index in [4.69, 9.17) is 0 Å². The van der Waals surface area contributed by atoms with E-state index in [-0.39, 0.29) is 24.3 Å². The van der Waals surface area contributed by atoms with Crippen LogP contribution in [0.25, 0.3) is 39.0 Å². The maximum absolute atomic E-state index is 14.6. The van der Waals surface area contributed by atoms with Crippen LogP contribution < -0.4 is 9.47 Å². The lowest BCUT2D eigenvalue weighted by molar-refractivity contribution is -0.275. The van der Waals surface area contributed by atoms with Crippen LogP contribution in [0.4, 0.5) is 70.2 Å². The van der Waals surface area contributed by atoms with E-state index < -0.39 is 127 Å². The molecule has 4 nitrogen and oxygen atoms in total. The molecule has 0 aromatic heterocycles. The molecule has 0 heterocycles. The lowest BCUT2D eigenvalue weighted by Crippen LogP contribution is -2.18. The number of halogens is 16. The molecule has 4 aromatic carbocycles. The summed E-state index contributed by atoms with van der Waals surface area (Å²) < 4.78 is 227. The molecule has 0 amide bonds. The predicted molar refractivity (Wildman–Crippen MR) is 143 cm³/mol. The van der Waals surface area contributed by atoms with Crippen molar-refractivity contribution >= 4 is 5.57 Å². The standard InChI is InChI=1S/C32H8F16N2O2/c33-20-1-11(2-21(34)27(20)29(37,38)39)14-5-16-17-6-15(12-3-22(35)28(23(36)4-12)30(40,41)42)25(52-32(46,47)48)8-19(17)26(13(9-49)10-50)18(16)7-24(14)51-31(43,44)45/h1-8H. The fourth-order valence-electron chi connectivity index (χ4n) is 5.44. The van der Waals surface area contributed by atoms with Crippen molar-refractivity contribution in [1.82, 2.24) is 0 Å². The second kappa shape index (κ2) is 12.4. The Morgan fingerprint density at radius 2 is 0.750 bits per heavy atom. The molecule has 0 unspecified atom stereocenters. The number of hydrogen-bond donors (Lipinski definition) is 0. The molecule has 0 spiro atoms. The average molecular weight is 756 g/mol. The van der Waals surface area contributed by atoms with Crippen molar-refractivity contribution in [2.45, 2.75) is 25.1 Å². The van der Waals surface area contributed by atoms with Crippen LogP contribution in [-0.4, -0.2) is 12.7 Å². The summed E-state index contributed by atoms with van der Waals surface area (Å²) in [4.78, 5) is 0. The largest absolute Gasteiger partial charge is 0.573 e. The molecule has 0 N–H and O–H groups in total. The van der Waals surface area contributed by atoms with Crippen LogP contribution in [0.15, 0.2) is 54.1 Å². The molecule has 5 rings (SSSR count). The van der Waals surface area contributed by atoms with E-state index in [1.165, 1.54) is 12.1 Å². The zero-order valence-corrected chi connectivity index (χ0v) is 24.4. The number of rotatable bonds is 4. The van der Waals surface area contributed by atoms with Gasteiger partial charge >= 0.3 is 25.1 Å². The Labute approximate surface area is 277 Å². The Kier molecular flexibility index (Phi) is 8.90. The third-order valence-electron chi connectivity index (χ3n) is 7.27. The summed E-state index contributed by atoms with van der Waals surface area (Å²) in [6, 6.07) is 4.50. The van der Waals surface area contributed by atoms with E-state index in [1.54, 1.807) is 0 Å². The van der Waals surface area contributed by atoms with Gasteiger partial charge in [-0.25, -0.2) is 17.6 Å². The highest BCUT2D eigenvalue weighted by atomic mass is 19.4. The van der Waals surface area contributed by atoms with Gasteiger partial charge in [0.05, 0.1) is 0 Å². The van der Waals surface area contributed by atoms with Crippen molar-refractivity contribution in [2.24, 2.45) is 0 Å². The minimum absolute atomic E-state index is 0.0288. The number of allylic oxidation sites excluding steroid dienone is 1. The van der Waals surface area contributed by atoms with Crippen molar-refractivity contribution in [2.75, 3.05) is 0 Å². The molecular weight excluding hydrogens is 748 g/mol. The molecule has 52 heavy (non-hydrogen) atoms. The van der Waals surface area contributed by atoms with E-state index in [2.05, 4.69) is 9.47 Å². The molecule has 0 fully saturated rings. The van der Waals surface area contributed by atoms with Crippen molar-refractivity contribution in [3.05, 3.63) is 99.6 Å². The van der Waals surface area contributed by atoms with Crippen LogP contribution in [0.5, 0.6) is 11.5 Å². The minimum atomic E-state index is -5.63. The lowest BCUT2D eigenvalue weighted by Gasteiger charge is -2.18. The highest BCUT2D eigenvalue weighted by Crippen LogP contribution is 2.54. The summed E-state index contributed by atoms with van der Waals surface area (Å²) in [5.41, 5.74) is -13.0. The molecule has 0 radical (unpaired) electrons. The van der Waals surface area contributed by atoms with E-state index in [0.717, 1.165) is 0 Å². The second-order valence-electron chi connectivity index (χ2n) is 10.5. The predicted octanol–water partition coefficient (Wildman–Crippen LogP) is 11.2. The third-order valence-corrected chi connectivity index (χ3v) is 7.27. The number of nitriles is 2. The van der Waals surface area contributed by atoms with Gasteiger partial charge in [0.15, 0.2) is 0 Å². The molecular formula is C32H8F16N2O2. The van der Waals surface area contributed by atoms with Crippen molar-refractivity contribution in [3.63, 3.8) is 0 Å². The van der Waals surface area contributed by atoms with Gasteiger partial charge in [0.2, 0.25) is 0 Å². The maximum atomic E-state index is 14.6. The van der Waals surface area contributed by atoms with Crippen molar-refractivity contribution < 1.29 is 79.7 Å². The molecule has 0 saturated heterocycles. The first-order chi connectivity index (χ1) is 23.8. The fourth-order valence-corrected chi connectivity index (χ4v) is 5.44. The summed E-state index contributed by atoms with van der Waals surface area (Å²) in [6.07, 6.45) is -22.5. The average Bonchev–Trinajstić information content (AvgIpc) is 3.25. The van der Waals surface area contributed by atoms with E-state index in [0.29, 0.717) is 24.3 Å². The molecule has 1 aliphatic carbocycles. The number of hydrogen-bond acceptors (Lipinski definition) is 4. The SMILES string of the molecule is N#CC(C#N)=C1c2cc(OC(F)(F)F)c(-c3cc(F)c(C(F)(F)F)c(F)c3)cc2-c2cc(-c3cc(F)c(C(F)(F)F)c(F)c3)c(OC(F)(F)F)cc21. The Hall–Kier alpha value is -5.92. The quantitative estimate of drug-likeness (QED) is 0.135. The fraction of sp³-hybridized carbons (Fsp3) is 0.125. The number of fused-ring (bicyclic) bond motifs is 3. The van der Waals surface area contributed by atoms with Gasteiger partial charge in [-0.2, -0.15) is 36.9 Å². The van der Waals surface area contributed by atoms with Crippen LogP contribution >= 0.6 is 0 Å². The highest BCUT2D eigenvalue weighted by molar-refractivity contribution is 6.07. The Morgan fingerprint density at radius 3 is 1.00 bits per heavy atom. The lowest BCUT2D eigenvalue weighted by atomic mass is 9.94. The summed E-state index contributed by atoms with van der Waals surface area (Å²) in [7, 11) is 0. The monoisotopic (exact) mass is 756 g/mol. The van der Waals surface area contributed by atoms with Crippen molar-refractivity contribution in [1.29, 1.82) is 10.5 Å². The van der Waals surface area contributed by atoms with Gasteiger partial charge in [0, 0.05) is 16.7 Å². The van der Waals surface area contributed by atoms with Gasteiger partial charge in [-0.3, -0.25) is 0 Å². The Morgan fingerprint density at radius 1 is 0.442 bits per heavy atom. The van der Waals surface area contributed by atoms with E-state index in [9.17, 15) is 80.8 Å². The first-order valence-corrected chi connectivity index (χ1v) is 13.4. The van der Waals surface area contributed by atoms with Crippen LogP contribution in [0.1, 0.15) is 22.3 Å². The summed E-state index contributed by atoms with van der Waals surface area (Å²) in [6.45, 7) is 0. The summed E-state index contributed by atoms with van der Waals surface area (Å²) in [5.74, 6) is -12.0. The first kappa shape index (κ1) is 37.3. The van der Waals surface area contributed by atoms with Gasteiger partial charge in [0.1, 0.15) is 63.6 Å². The highest BCUT2D eigenvalue weighted by Gasteiger charge is 2.41. The zero-order chi connectivity index (χ0) is 38.9. The molecule has 0 saturated carbocycles. The molecule has 4 aromatic rings. The Bertz CT molecular complexity index is 2060. The third kappa shape index (κ3) is 7.00. The first-order valence-electron chi connectivity index (χ1n) is 13.4. The smallest absolute Gasteiger partial charge is 0.405 e. The van der Waals surface area contributed by atoms with E-state index >= 15 is 0 Å². The van der Waals surface area contributed by atoms with Crippen molar-refractivity contribution in [3.8, 4) is 57.0 Å². The van der Waals surface area contributed by atoms with Crippen LogP contribution in [0, 0.1) is 45.9 Å². The van der Waals surface area contributed by atoms with Gasteiger partial charge in [-0.1, -0.05) is 0 Å². The maximum Gasteiger partial charge on any atom is 0.573 e. The topological polar surface area (TPSA) is 66.0 Å². The van der Waals surface area contributed by atoms with Crippen LogP contribution in [-0.2, 0) is 12.4 Å². The van der Waals surface area contributed by atoms with Gasteiger partial charge in [0.25, 0.3) is 0 Å². The molecule has 270 valence electrons. The second-order valence-corrected chi connectivity index (χ2v) is 10.5. The number of benzene rings is 4. The molecule has 1 aliphatic rings. The normalized spacial score (nSPS) is 12.9. The molecule has 0 bridgehead atoms. The summed E-state index contributed by atoms with van der Waals surface area (Å²) in [5, 5.41) is 19.2.